The highest BCUT2D eigenvalue weighted by Crippen LogP contribution is 2.42. The number of hydrogen-bond donors (Lipinski definition) is 3. The molecule has 1 fully saturated rings. The summed E-state index contributed by atoms with van der Waals surface area (Å²) >= 11 is 1.69. The number of rotatable bonds is 5. The third-order valence-corrected chi connectivity index (χ3v) is 6.00. The standard InChI is InChI=1S/C19H27FN4OS/c1-19(2,26-17-5-3-4-15(20)12-17)14-7-10-24(11-8-14)18(25)23-16(13-22)6-9-21/h3-6,9,12-14H,7-8,10-11,21-22H2,1-2H3,(H,23,25)/b9-6-,16-13+. The highest BCUT2D eigenvalue weighted by molar-refractivity contribution is 8.00. The normalized spacial score (nSPS) is 16.9. The summed E-state index contributed by atoms with van der Waals surface area (Å²) in [6.07, 6.45) is 5.99. The Morgan fingerprint density at radius 1 is 1.35 bits per heavy atom. The number of nitrogens with two attached hydrogens (primary N) is 2. The molecule has 1 heterocycles. The van der Waals surface area contributed by atoms with Crippen LogP contribution in [0.25, 0.3) is 0 Å². The van der Waals surface area contributed by atoms with E-state index < -0.39 is 0 Å². The zero-order chi connectivity index (χ0) is 19.2. The maximum Gasteiger partial charge on any atom is 0.321 e. The first-order valence-corrected chi connectivity index (χ1v) is 9.48. The molecule has 0 aliphatic carbocycles. The molecule has 0 radical (unpaired) electrons. The number of benzene rings is 1. The molecule has 142 valence electrons. The minimum atomic E-state index is -0.215. The SMILES string of the molecule is CC(C)(Sc1cccc(F)c1)C1CCN(C(=O)NC(/C=C\N)=C/N)CC1. The van der Waals surface area contributed by atoms with Crippen LogP contribution in [0.4, 0.5) is 9.18 Å². The Morgan fingerprint density at radius 3 is 2.62 bits per heavy atom. The summed E-state index contributed by atoms with van der Waals surface area (Å²) in [6, 6.07) is 6.52. The van der Waals surface area contributed by atoms with Crippen LogP contribution in [0.3, 0.4) is 0 Å². The lowest BCUT2D eigenvalue weighted by molar-refractivity contribution is 0.164. The number of allylic oxidation sites excluding steroid dienone is 1. The Balaban J connectivity index is 1.91. The van der Waals surface area contributed by atoms with Gasteiger partial charge >= 0.3 is 6.03 Å². The average Bonchev–Trinajstić information content (AvgIpc) is 2.61. The van der Waals surface area contributed by atoms with Crippen LogP contribution in [0.5, 0.6) is 0 Å². The summed E-state index contributed by atoms with van der Waals surface area (Å²) in [4.78, 5) is 15.0. The molecule has 0 aromatic heterocycles. The number of likely N-dealkylation sites (tertiary alicyclic amines) is 1. The predicted molar refractivity (Wildman–Crippen MR) is 105 cm³/mol. The number of halogens is 1. The van der Waals surface area contributed by atoms with E-state index in [4.69, 9.17) is 11.5 Å². The number of nitrogens with one attached hydrogen (secondary N) is 1. The Hall–Kier alpha value is -2.15. The summed E-state index contributed by atoms with van der Waals surface area (Å²) in [5.74, 6) is 0.223. The van der Waals surface area contributed by atoms with Gasteiger partial charge < -0.3 is 21.7 Å². The Labute approximate surface area is 158 Å². The fraction of sp³-hybridized carbons (Fsp3) is 0.421. The smallest absolute Gasteiger partial charge is 0.321 e. The van der Waals surface area contributed by atoms with Crippen molar-refractivity contribution in [1.29, 1.82) is 0 Å². The van der Waals surface area contributed by atoms with E-state index in [1.54, 1.807) is 34.9 Å². The number of hydrogen-bond acceptors (Lipinski definition) is 4. The van der Waals surface area contributed by atoms with Gasteiger partial charge in [0, 0.05) is 28.9 Å². The number of urea groups is 1. The largest absolute Gasteiger partial charge is 0.405 e. The number of piperidine rings is 1. The van der Waals surface area contributed by atoms with E-state index in [-0.39, 0.29) is 16.6 Å². The van der Waals surface area contributed by atoms with Gasteiger partial charge in [0.05, 0.1) is 5.70 Å². The van der Waals surface area contributed by atoms with Gasteiger partial charge in [0.15, 0.2) is 0 Å². The predicted octanol–water partition coefficient (Wildman–Crippen LogP) is 3.39. The minimum absolute atomic E-state index is 0.0407. The van der Waals surface area contributed by atoms with Crippen molar-refractivity contribution in [3.63, 3.8) is 0 Å². The highest BCUT2D eigenvalue weighted by Gasteiger charge is 2.34. The fourth-order valence-electron chi connectivity index (χ4n) is 3.14. The second-order valence-electron chi connectivity index (χ2n) is 6.84. The summed E-state index contributed by atoms with van der Waals surface area (Å²) in [7, 11) is 0. The fourth-order valence-corrected chi connectivity index (χ4v) is 4.47. The monoisotopic (exact) mass is 378 g/mol. The molecular formula is C19H27FN4OS. The molecule has 0 saturated carbocycles. The van der Waals surface area contributed by atoms with E-state index in [0.29, 0.717) is 24.7 Å². The lowest BCUT2D eigenvalue weighted by Crippen LogP contribution is -2.46. The number of nitrogens with zero attached hydrogens (tertiary/aromatic N) is 1. The molecule has 26 heavy (non-hydrogen) atoms. The molecule has 1 aliphatic heterocycles. The zero-order valence-electron chi connectivity index (χ0n) is 15.2. The highest BCUT2D eigenvalue weighted by atomic mass is 32.2. The first-order valence-electron chi connectivity index (χ1n) is 8.66. The van der Waals surface area contributed by atoms with Crippen LogP contribution in [0, 0.1) is 11.7 Å². The molecule has 5 N–H and O–H groups in total. The van der Waals surface area contributed by atoms with Crippen LogP contribution in [0.2, 0.25) is 0 Å². The van der Waals surface area contributed by atoms with E-state index in [1.165, 1.54) is 18.5 Å². The van der Waals surface area contributed by atoms with E-state index in [0.717, 1.165) is 17.7 Å². The molecule has 7 heteroatoms. The Morgan fingerprint density at radius 2 is 2.04 bits per heavy atom. The van der Waals surface area contributed by atoms with Crippen LogP contribution < -0.4 is 16.8 Å². The van der Waals surface area contributed by atoms with Crippen molar-refractivity contribution >= 4 is 17.8 Å². The topological polar surface area (TPSA) is 84.4 Å². The van der Waals surface area contributed by atoms with Crippen molar-refractivity contribution in [2.75, 3.05) is 13.1 Å². The first-order chi connectivity index (χ1) is 12.4. The van der Waals surface area contributed by atoms with Gasteiger partial charge in [0.1, 0.15) is 5.82 Å². The van der Waals surface area contributed by atoms with E-state index in [1.807, 2.05) is 6.07 Å². The minimum Gasteiger partial charge on any atom is -0.405 e. The quantitative estimate of drug-likeness (QED) is 0.542. The summed E-state index contributed by atoms with van der Waals surface area (Å²) in [5.41, 5.74) is 11.3. The number of amides is 2. The third kappa shape index (κ3) is 5.42. The molecule has 5 nitrogen and oxygen atoms in total. The molecule has 0 spiro atoms. The number of carbonyl (C=O) groups is 1. The molecule has 2 rings (SSSR count). The molecule has 1 aliphatic rings. The molecule has 0 atom stereocenters. The molecule has 0 unspecified atom stereocenters. The van der Waals surface area contributed by atoms with Gasteiger partial charge in [-0.3, -0.25) is 0 Å². The maximum absolute atomic E-state index is 13.4. The van der Waals surface area contributed by atoms with Gasteiger partial charge in [-0.25, -0.2) is 9.18 Å². The van der Waals surface area contributed by atoms with Crippen LogP contribution in [0.15, 0.2) is 53.3 Å². The molecule has 0 bridgehead atoms. The summed E-state index contributed by atoms with van der Waals surface area (Å²) in [5, 5.41) is 2.75. The maximum atomic E-state index is 13.4. The molecule has 1 saturated heterocycles. The van der Waals surface area contributed by atoms with Gasteiger partial charge in [-0.1, -0.05) is 19.9 Å². The van der Waals surface area contributed by atoms with E-state index >= 15 is 0 Å². The lowest BCUT2D eigenvalue weighted by atomic mass is 9.86. The van der Waals surface area contributed by atoms with Crippen molar-refractivity contribution in [2.24, 2.45) is 17.4 Å². The van der Waals surface area contributed by atoms with Crippen molar-refractivity contribution in [3.8, 4) is 0 Å². The number of thioether (sulfide) groups is 1. The van der Waals surface area contributed by atoms with Crippen molar-refractivity contribution in [3.05, 3.63) is 54.3 Å². The number of carbonyl (C=O) groups excluding carboxylic acids is 1. The van der Waals surface area contributed by atoms with Gasteiger partial charge in [-0.15, -0.1) is 11.8 Å². The Bertz CT molecular complexity index is 682. The van der Waals surface area contributed by atoms with Gasteiger partial charge in [0.2, 0.25) is 0 Å². The Kier molecular flexibility index (Phi) is 6.97. The van der Waals surface area contributed by atoms with Crippen LogP contribution in [-0.4, -0.2) is 28.8 Å². The molecule has 2 amide bonds. The van der Waals surface area contributed by atoms with Gasteiger partial charge in [0.25, 0.3) is 0 Å². The zero-order valence-corrected chi connectivity index (χ0v) is 16.1. The lowest BCUT2D eigenvalue weighted by Gasteiger charge is -2.40. The van der Waals surface area contributed by atoms with Gasteiger partial charge in [-0.05, 0) is 49.2 Å². The van der Waals surface area contributed by atoms with Crippen molar-refractivity contribution in [2.45, 2.75) is 36.3 Å². The van der Waals surface area contributed by atoms with Crippen molar-refractivity contribution < 1.29 is 9.18 Å². The first kappa shape index (κ1) is 20.2. The molecular weight excluding hydrogens is 351 g/mol. The van der Waals surface area contributed by atoms with Gasteiger partial charge in [-0.2, -0.15) is 0 Å². The third-order valence-electron chi connectivity index (χ3n) is 4.65. The average molecular weight is 379 g/mol. The molecule has 1 aromatic rings. The van der Waals surface area contributed by atoms with E-state index in [2.05, 4.69) is 19.2 Å². The van der Waals surface area contributed by atoms with Crippen LogP contribution in [0.1, 0.15) is 26.7 Å². The second kappa shape index (κ2) is 8.98. The van der Waals surface area contributed by atoms with Crippen molar-refractivity contribution in [1.82, 2.24) is 10.2 Å². The summed E-state index contributed by atoms with van der Waals surface area (Å²) < 4.78 is 13.4. The second-order valence-corrected chi connectivity index (χ2v) is 8.56. The molecule has 1 aromatic carbocycles. The van der Waals surface area contributed by atoms with E-state index in [9.17, 15) is 9.18 Å². The summed E-state index contributed by atoms with van der Waals surface area (Å²) in [6.45, 7) is 5.72. The van der Waals surface area contributed by atoms with Crippen LogP contribution in [-0.2, 0) is 0 Å². The van der Waals surface area contributed by atoms with Crippen LogP contribution >= 0.6 is 11.8 Å².